The molecule has 1 heterocycles. The number of hydrogen-bond acceptors (Lipinski definition) is 2. The van der Waals surface area contributed by atoms with Crippen LogP contribution in [-0.2, 0) is 0 Å². The molecule has 1 aliphatic carbocycles. The third kappa shape index (κ3) is 1.50. The van der Waals surface area contributed by atoms with E-state index in [1.165, 1.54) is 25.0 Å². The molecular weight excluding hydrogens is 207 g/mol. The Morgan fingerprint density at radius 1 is 1.44 bits per heavy atom. The summed E-state index contributed by atoms with van der Waals surface area (Å²) >= 11 is 0. The maximum absolute atomic E-state index is 13.1. The Bertz CT molecular complexity index is 428. The van der Waals surface area contributed by atoms with Crippen LogP contribution in [0.5, 0.6) is 5.75 Å². The Hall–Kier alpha value is -1.09. The largest absolute Gasteiger partial charge is 0.487 e. The quantitative estimate of drug-likeness (QED) is 0.791. The summed E-state index contributed by atoms with van der Waals surface area (Å²) in [4.78, 5) is 0. The number of rotatable bonds is 1. The van der Waals surface area contributed by atoms with Crippen molar-refractivity contribution in [2.24, 2.45) is 5.92 Å². The van der Waals surface area contributed by atoms with Gasteiger partial charge in [0.05, 0.1) is 6.10 Å². The van der Waals surface area contributed by atoms with Gasteiger partial charge in [0.1, 0.15) is 17.2 Å². The molecule has 0 saturated heterocycles. The maximum Gasteiger partial charge on any atom is 0.126 e. The normalized spacial score (nSPS) is 33.1. The Labute approximate surface area is 94.0 Å². The molecule has 0 amide bonds. The molecule has 0 spiro atoms. The smallest absolute Gasteiger partial charge is 0.126 e. The van der Waals surface area contributed by atoms with Crippen LogP contribution >= 0.6 is 0 Å². The Kier molecular flexibility index (Phi) is 2.02. The van der Waals surface area contributed by atoms with E-state index in [2.05, 4.69) is 0 Å². The van der Waals surface area contributed by atoms with Crippen LogP contribution in [0.1, 0.15) is 37.9 Å². The summed E-state index contributed by atoms with van der Waals surface area (Å²) in [6, 6.07) is 4.37. The lowest BCUT2D eigenvalue weighted by Crippen LogP contribution is -2.40. The SMILES string of the molecule is CC1(C2CC2)CC(O)c2cc(F)ccc2O1. The van der Waals surface area contributed by atoms with Crippen molar-refractivity contribution in [1.29, 1.82) is 0 Å². The number of hydrogen-bond donors (Lipinski definition) is 1. The third-order valence-corrected chi connectivity index (χ3v) is 3.71. The molecule has 2 atom stereocenters. The van der Waals surface area contributed by atoms with Crippen LogP contribution < -0.4 is 4.74 Å². The second-order valence-corrected chi connectivity index (χ2v) is 5.09. The Balaban J connectivity index is 1.99. The summed E-state index contributed by atoms with van der Waals surface area (Å²) in [6.07, 6.45) is 2.29. The minimum absolute atomic E-state index is 0.274. The minimum atomic E-state index is -0.606. The molecule has 1 aliphatic heterocycles. The first-order valence-electron chi connectivity index (χ1n) is 5.75. The van der Waals surface area contributed by atoms with Crippen LogP contribution in [0.2, 0.25) is 0 Å². The van der Waals surface area contributed by atoms with Crippen molar-refractivity contribution in [2.75, 3.05) is 0 Å². The third-order valence-electron chi connectivity index (χ3n) is 3.71. The lowest BCUT2D eigenvalue weighted by Gasteiger charge is -2.38. The summed E-state index contributed by atoms with van der Waals surface area (Å²) in [7, 11) is 0. The number of benzene rings is 1. The highest BCUT2D eigenvalue weighted by Gasteiger charge is 2.47. The van der Waals surface area contributed by atoms with E-state index in [4.69, 9.17) is 4.74 Å². The van der Waals surface area contributed by atoms with Gasteiger partial charge < -0.3 is 9.84 Å². The van der Waals surface area contributed by atoms with E-state index in [1.54, 1.807) is 6.07 Å². The van der Waals surface area contributed by atoms with Gasteiger partial charge in [0.15, 0.2) is 0 Å². The number of fused-ring (bicyclic) bond motifs is 1. The van der Waals surface area contributed by atoms with E-state index in [0.29, 0.717) is 23.7 Å². The second kappa shape index (κ2) is 3.20. The van der Waals surface area contributed by atoms with Crippen molar-refractivity contribution in [2.45, 2.75) is 37.9 Å². The average molecular weight is 222 g/mol. The van der Waals surface area contributed by atoms with Gasteiger partial charge in [-0.2, -0.15) is 0 Å². The van der Waals surface area contributed by atoms with E-state index in [1.807, 2.05) is 6.92 Å². The molecule has 16 heavy (non-hydrogen) atoms. The predicted molar refractivity (Wildman–Crippen MR) is 57.7 cm³/mol. The van der Waals surface area contributed by atoms with Crippen LogP contribution in [0.15, 0.2) is 18.2 Å². The molecule has 1 saturated carbocycles. The highest BCUT2D eigenvalue weighted by Crippen LogP contribution is 2.50. The van der Waals surface area contributed by atoms with Crippen molar-refractivity contribution in [3.05, 3.63) is 29.6 Å². The van der Waals surface area contributed by atoms with E-state index >= 15 is 0 Å². The van der Waals surface area contributed by atoms with Crippen molar-refractivity contribution >= 4 is 0 Å². The van der Waals surface area contributed by atoms with Gasteiger partial charge in [-0.15, -0.1) is 0 Å². The molecule has 0 radical (unpaired) electrons. The second-order valence-electron chi connectivity index (χ2n) is 5.09. The highest BCUT2D eigenvalue weighted by atomic mass is 19.1. The standard InChI is InChI=1S/C13H15FO2/c1-13(8-2-3-8)7-11(15)10-6-9(14)4-5-12(10)16-13/h4-6,8,11,15H,2-3,7H2,1H3. The molecule has 3 heteroatoms. The zero-order valence-corrected chi connectivity index (χ0v) is 9.24. The molecule has 0 aromatic heterocycles. The molecule has 2 aliphatic rings. The van der Waals surface area contributed by atoms with Gasteiger partial charge in [0.2, 0.25) is 0 Å². The lowest BCUT2D eigenvalue weighted by molar-refractivity contribution is -0.0168. The van der Waals surface area contributed by atoms with E-state index < -0.39 is 6.10 Å². The van der Waals surface area contributed by atoms with Crippen molar-refractivity contribution in [1.82, 2.24) is 0 Å². The molecular formula is C13H15FO2. The molecule has 3 rings (SSSR count). The fourth-order valence-electron chi connectivity index (χ4n) is 2.60. The van der Waals surface area contributed by atoms with Gasteiger partial charge in [0.25, 0.3) is 0 Å². The maximum atomic E-state index is 13.1. The summed E-state index contributed by atoms with van der Waals surface area (Å²) in [5.74, 6) is 0.853. The molecule has 1 aromatic rings. The van der Waals surface area contributed by atoms with Crippen LogP contribution in [0, 0.1) is 11.7 Å². The first kappa shape index (κ1) is 10.1. The van der Waals surface area contributed by atoms with Gasteiger partial charge in [-0.3, -0.25) is 0 Å². The van der Waals surface area contributed by atoms with E-state index in [0.717, 1.165) is 0 Å². The minimum Gasteiger partial charge on any atom is -0.487 e. The average Bonchev–Trinajstić information content (AvgIpc) is 3.03. The molecule has 86 valence electrons. The van der Waals surface area contributed by atoms with Gasteiger partial charge >= 0.3 is 0 Å². The molecule has 1 N–H and O–H groups in total. The monoisotopic (exact) mass is 222 g/mol. The zero-order valence-electron chi connectivity index (χ0n) is 9.24. The molecule has 1 fully saturated rings. The van der Waals surface area contributed by atoms with Gasteiger partial charge in [0, 0.05) is 12.0 Å². The van der Waals surface area contributed by atoms with Gasteiger partial charge in [-0.25, -0.2) is 4.39 Å². The van der Waals surface area contributed by atoms with Gasteiger partial charge in [-0.05, 0) is 43.9 Å². The highest BCUT2D eigenvalue weighted by molar-refractivity contribution is 5.38. The number of aliphatic hydroxyl groups is 1. The van der Waals surface area contributed by atoms with Crippen LogP contribution in [0.4, 0.5) is 4.39 Å². The molecule has 2 nitrogen and oxygen atoms in total. The van der Waals surface area contributed by atoms with E-state index in [-0.39, 0.29) is 11.4 Å². The zero-order chi connectivity index (χ0) is 11.3. The van der Waals surface area contributed by atoms with Crippen LogP contribution in [0.3, 0.4) is 0 Å². The van der Waals surface area contributed by atoms with Gasteiger partial charge in [-0.1, -0.05) is 0 Å². The van der Waals surface area contributed by atoms with Crippen LogP contribution in [-0.4, -0.2) is 10.7 Å². The Morgan fingerprint density at radius 2 is 2.19 bits per heavy atom. The molecule has 1 aromatic carbocycles. The number of aliphatic hydroxyl groups excluding tert-OH is 1. The van der Waals surface area contributed by atoms with Crippen molar-refractivity contribution < 1.29 is 14.2 Å². The predicted octanol–water partition coefficient (Wildman–Crippen LogP) is 2.81. The van der Waals surface area contributed by atoms with Crippen LogP contribution in [0.25, 0.3) is 0 Å². The lowest BCUT2D eigenvalue weighted by atomic mass is 9.86. The first-order valence-corrected chi connectivity index (χ1v) is 5.75. The fourth-order valence-corrected chi connectivity index (χ4v) is 2.60. The molecule has 0 bridgehead atoms. The van der Waals surface area contributed by atoms with Crippen molar-refractivity contribution in [3.8, 4) is 5.75 Å². The fraction of sp³-hybridized carbons (Fsp3) is 0.538. The summed E-state index contributed by atoms with van der Waals surface area (Å²) in [5.41, 5.74) is 0.308. The topological polar surface area (TPSA) is 29.5 Å². The summed E-state index contributed by atoms with van der Waals surface area (Å²) in [5, 5.41) is 10.1. The summed E-state index contributed by atoms with van der Waals surface area (Å²) in [6.45, 7) is 2.04. The summed E-state index contributed by atoms with van der Waals surface area (Å²) < 4.78 is 19.0. The van der Waals surface area contributed by atoms with Crippen molar-refractivity contribution in [3.63, 3.8) is 0 Å². The molecule has 2 unspecified atom stereocenters. The Morgan fingerprint density at radius 3 is 2.88 bits per heavy atom. The number of ether oxygens (including phenoxy) is 1. The number of halogens is 1. The first-order chi connectivity index (χ1) is 7.58. The van der Waals surface area contributed by atoms with E-state index in [9.17, 15) is 9.50 Å².